The molecule has 0 bridgehead atoms. The fraction of sp³-hybridized carbons (Fsp3) is 0.531. The third-order valence-corrected chi connectivity index (χ3v) is 7.31. The standard InChI is InChI=1S/C19H29N3O2.C11H13NO.C2H6.3H2/c1-13(20-5)17(23)21-16(19(2,3)4)18(24)22-11-10-14-8-6-7-9-15(14)12-22;13-8-12-11-7-3-5-9-4-1-2-6-10(9)11;1-2;;;/h6-9,13,16,20H,10-12H2,1-5H3,(H,21,23);1-2,4,6,8,11H,3,5,7H2,(H,12,13);1-2H3;3*1H/t13-,16+;11-;;;;/m00..../s1. The Labute approximate surface area is 239 Å². The van der Waals surface area contributed by atoms with Gasteiger partial charge in [-0.15, -0.1) is 0 Å². The molecule has 3 N–H and O–H groups in total. The van der Waals surface area contributed by atoms with Crippen molar-refractivity contribution in [1.82, 2.24) is 20.9 Å². The number of hydrogen-bond donors (Lipinski definition) is 3. The second-order valence-corrected chi connectivity index (χ2v) is 11.0. The Kier molecular flexibility index (Phi) is 12.7. The van der Waals surface area contributed by atoms with Crippen molar-refractivity contribution in [2.45, 2.75) is 91.9 Å². The molecule has 4 rings (SSSR count). The summed E-state index contributed by atoms with van der Waals surface area (Å²) in [6.07, 6.45) is 5.04. The van der Waals surface area contributed by atoms with Gasteiger partial charge in [0, 0.05) is 17.4 Å². The number of hydrogen-bond acceptors (Lipinski definition) is 4. The summed E-state index contributed by atoms with van der Waals surface area (Å²) in [5, 5.41) is 8.71. The Morgan fingerprint density at radius 3 is 2.23 bits per heavy atom. The largest absolute Gasteiger partial charge is 0.352 e. The fourth-order valence-electron chi connectivity index (χ4n) is 4.92. The first kappa shape index (κ1) is 32.0. The van der Waals surface area contributed by atoms with Crippen molar-refractivity contribution < 1.29 is 18.7 Å². The molecule has 2 aromatic carbocycles. The molecule has 7 nitrogen and oxygen atoms in total. The summed E-state index contributed by atoms with van der Waals surface area (Å²) >= 11 is 0. The number of nitrogens with one attached hydrogen (secondary N) is 3. The van der Waals surface area contributed by atoms with E-state index in [2.05, 4.69) is 46.3 Å². The van der Waals surface area contributed by atoms with Crippen molar-refractivity contribution in [3.63, 3.8) is 0 Å². The van der Waals surface area contributed by atoms with E-state index >= 15 is 0 Å². The number of rotatable bonds is 6. The molecule has 2 aromatic rings. The van der Waals surface area contributed by atoms with Crippen LogP contribution in [0, 0.1) is 5.41 Å². The minimum absolute atomic E-state index is 0. The van der Waals surface area contributed by atoms with Crippen molar-refractivity contribution in [2.24, 2.45) is 5.41 Å². The number of carbonyl (C=O) groups excluding carboxylic acids is 3. The number of nitrogens with zero attached hydrogens (tertiary/aromatic N) is 1. The summed E-state index contributed by atoms with van der Waals surface area (Å²) in [4.78, 5) is 37.6. The van der Waals surface area contributed by atoms with Crippen LogP contribution in [0.15, 0.2) is 48.5 Å². The molecule has 0 fully saturated rings. The van der Waals surface area contributed by atoms with Crippen LogP contribution in [-0.4, -0.2) is 48.8 Å². The zero-order chi connectivity index (χ0) is 29.0. The van der Waals surface area contributed by atoms with E-state index in [0.717, 1.165) is 25.7 Å². The van der Waals surface area contributed by atoms with Gasteiger partial charge in [0.2, 0.25) is 18.2 Å². The maximum atomic E-state index is 13.1. The van der Waals surface area contributed by atoms with Gasteiger partial charge in [-0.05, 0) is 67.3 Å². The quantitative estimate of drug-likeness (QED) is 0.433. The Morgan fingerprint density at radius 2 is 1.62 bits per heavy atom. The average molecular weight is 543 g/mol. The zero-order valence-electron chi connectivity index (χ0n) is 24.8. The smallest absolute Gasteiger partial charge is 0.246 e. The lowest BCUT2D eigenvalue weighted by molar-refractivity contribution is -0.140. The number of fused-ring (bicyclic) bond motifs is 2. The highest BCUT2D eigenvalue weighted by molar-refractivity contribution is 5.90. The van der Waals surface area contributed by atoms with Crippen LogP contribution in [0.1, 0.15) is 87.0 Å². The van der Waals surface area contributed by atoms with Crippen molar-refractivity contribution in [3.8, 4) is 0 Å². The maximum Gasteiger partial charge on any atom is 0.246 e. The summed E-state index contributed by atoms with van der Waals surface area (Å²) in [6.45, 7) is 13.0. The lowest BCUT2D eigenvalue weighted by Crippen LogP contribution is -2.57. The molecule has 39 heavy (non-hydrogen) atoms. The molecular weight excluding hydrogens is 488 g/mol. The van der Waals surface area contributed by atoms with Gasteiger partial charge < -0.3 is 20.9 Å². The molecule has 0 radical (unpaired) electrons. The van der Waals surface area contributed by atoms with E-state index in [9.17, 15) is 14.4 Å². The summed E-state index contributed by atoms with van der Waals surface area (Å²) in [5.41, 5.74) is 4.83. The van der Waals surface area contributed by atoms with Gasteiger partial charge in [-0.3, -0.25) is 14.4 Å². The minimum atomic E-state index is -0.536. The third-order valence-electron chi connectivity index (χ3n) is 7.31. The van der Waals surface area contributed by atoms with Gasteiger partial charge in [-0.2, -0.15) is 0 Å². The Balaban J connectivity index is 0. The topological polar surface area (TPSA) is 90.5 Å². The first-order valence-corrected chi connectivity index (χ1v) is 14.3. The van der Waals surface area contributed by atoms with Crippen molar-refractivity contribution in [2.75, 3.05) is 13.6 Å². The van der Waals surface area contributed by atoms with E-state index in [4.69, 9.17) is 0 Å². The molecule has 0 aromatic heterocycles. The van der Waals surface area contributed by atoms with Gasteiger partial charge in [0.1, 0.15) is 6.04 Å². The van der Waals surface area contributed by atoms with Crippen LogP contribution >= 0.6 is 0 Å². The van der Waals surface area contributed by atoms with E-state index in [0.29, 0.717) is 13.1 Å². The molecule has 1 aliphatic heterocycles. The summed E-state index contributed by atoms with van der Waals surface area (Å²) in [6, 6.07) is 15.9. The second-order valence-electron chi connectivity index (χ2n) is 11.0. The van der Waals surface area contributed by atoms with Crippen LogP contribution in [0.2, 0.25) is 0 Å². The van der Waals surface area contributed by atoms with Gasteiger partial charge in [-0.1, -0.05) is 83.1 Å². The molecular formula is C32H54N4O3. The summed E-state index contributed by atoms with van der Waals surface area (Å²) in [5.74, 6) is -0.156. The number of aryl methyl sites for hydroxylation is 1. The maximum absolute atomic E-state index is 13.1. The van der Waals surface area contributed by atoms with Crippen LogP contribution in [0.4, 0.5) is 0 Å². The van der Waals surface area contributed by atoms with Gasteiger partial charge >= 0.3 is 0 Å². The van der Waals surface area contributed by atoms with Gasteiger partial charge in [0.15, 0.2) is 0 Å². The third kappa shape index (κ3) is 8.92. The Hall–Kier alpha value is -3.19. The van der Waals surface area contributed by atoms with Crippen LogP contribution in [0.5, 0.6) is 0 Å². The minimum Gasteiger partial charge on any atom is -0.352 e. The average Bonchev–Trinajstić information content (AvgIpc) is 2.96. The molecule has 0 spiro atoms. The molecule has 2 aliphatic rings. The Morgan fingerprint density at radius 1 is 1.00 bits per heavy atom. The molecule has 0 saturated heterocycles. The van der Waals surface area contributed by atoms with Gasteiger partial charge in [-0.25, -0.2) is 0 Å². The van der Waals surface area contributed by atoms with E-state index < -0.39 is 6.04 Å². The van der Waals surface area contributed by atoms with E-state index in [1.165, 1.54) is 28.7 Å². The first-order valence-electron chi connectivity index (χ1n) is 14.3. The molecule has 220 valence electrons. The predicted octanol–water partition coefficient (Wildman–Crippen LogP) is 5.28. The molecule has 7 heteroatoms. The van der Waals surface area contributed by atoms with Crippen LogP contribution in [0.3, 0.4) is 0 Å². The fourth-order valence-corrected chi connectivity index (χ4v) is 4.92. The van der Waals surface area contributed by atoms with Crippen LogP contribution < -0.4 is 16.0 Å². The number of carbonyl (C=O) groups is 3. The predicted molar refractivity (Wildman–Crippen MR) is 164 cm³/mol. The summed E-state index contributed by atoms with van der Waals surface area (Å²) in [7, 11) is 1.74. The van der Waals surface area contributed by atoms with E-state index in [-0.39, 0.29) is 33.6 Å². The van der Waals surface area contributed by atoms with Crippen molar-refractivity contribution in [3.05, 3.63) is 70.8 Å². The summed E-state index contributed by atoms with van der Waals surface area (Å²) < 4.78 is 0. The van der Waals surface area contributed by atoms with E-state index in [1.807, 2.05) is 57.7 Å². The molecule has 0 unspecified atom stereocenters. The Bertz CT molecular complexity index is 1090. The van der Waals surface area contributed by atoms with E-state index in [1.54, 1.807) is 14.0 Å². The van der Waals surface area contributed by atoms with Gasteiger partial charge in [0.25, 0.3) is 0 Å². The van der Waals surface area contributed by atoms with Crippen LogP contribution in [0.25, 0.3) is 0 Å². The SMILES string of the molecule is CC.CN[C@@H](C)C(=O)N[C@H](C(=O)N1CCc2ccccc2C1)C(C)(C)C.O=CN[C@H]1CCCc2ccccc21.[HH].[HH].[HH]. The highest BCUT2D eigenvalue weighted by atomic mass is 16.2. The lowest BCUT2D eigenvalue weighted by atomic mass is 9.85. The highest BCUT2D eigenvalue weighted by Crippen LogP contribution is 2.29. The number of likely N-dealkylation sites (N-methyl/N-ethyl adjacent to an activating group) is 1. The lowest BCUT2D eigenvalue weighted by Gasteiger charge is -2.37. The first-order chi connectivity index (χ1) is 18.7. The van der Waals surface area contributed by atoms with Crippen molar-refractivity contribution >= 4 is 18.2 Å². The van der Waals surface area contributed by atoms with Crippen molar-refractivity contribution in [1.29, 1.82) is 0 Å². The number of amides is 3. The molecule has 1 aliphatic carbocycles. The highest BCUT2D eigenvalue weighted by Gasteiger charge is 2.37. The van der Waals surface area contributed by atoms with Crippen LogP contribution in [-0.2, 0) is 33.8 Å². The zero-order valence-corrected chi connectivity index (χ0v) is 24.8. The van der Waals surface area contributed by atoms with Gasteiger partial charge in [0.05, 0.1) is 12.1 Å². The second kappa shape index (κ2) is 15.4. The molecule has 3 amide bonds. The monoisotopic (exact) mass is 542 g/mol. The normalized spacial score (nSPS) is 17.4. The molecule has 3 atom stereocenters. The number of benzene rings is 2. The molecule has 1 heterocycles. The molecule has 0 saturated carbocycles.